The minimum Gasteiger partial charge on any atom is -0.387 e. The second-order valence-corrected chi connectivity index (χ2v) is 6.51. The molecule has 1 atom stereocenters. The molecule has 0 aliphatic heterocycles. The number of nitrogens with zero attached hydrogens (tertiary/aromatic N) is 1. The highest BCUT2D eigenvalue weighted by molar-refractivity contribution is 7.09. The number of carbonyl (C=O) groups excluding carboxylic acids is 2. The zero-order chi connectivity index (χ0) is 17.5. The summed E-state index contributed by atoms with van der Waals surface area (Å²) in [5, 5.41) is 17.0. The van der Waals surface area contributed by atoms with Gasteiger partial charge >= 0.3 is 11.8 Å². The van der Waals surface area contributed by atoms with E-state index in [9.17, 15) is 14.7 Å². The van der Waals surface area contributed by atoms with E-state index in [1.165, 1.54) is 11.3 Å². The molecule has 1 aromatic carbocycles. The van der Waals surface area contributed by atoms with Crippen molar-refractivity contribution in [3.05, 3.63) is 52.2 Å². The summed E-state index contributed by atoms with van der Waals surface area (Å²) in [6.45, 7) is 0.297. The summed E-state index contributed by atoms with van der Waals surface area (Å²) in [5.74, 6) is -1.46. The maximum absolute atomic E-state index is 11.7. The van der Waals surface area contributed by atoms with Crippen molar-refractivity contribution in [1.29, 1.82) is 0 Å². The van der Waals surface area contributed by atoms with E-state index in [4.69, 9.17) is 0 Å². The maximum Gasteiger partial charge on any atom is 0.309 e. The molecule has 0 fully saturated rings. The van der Waals surface area contributed by atoms with Gasteiger partial charge in [0.15, 0.2) is 0 Å². The molecule has 24 heavy (non-hydrogen) atoms. The molecule has 2 aromatic rings. The van der Waals surface area contributed by atoms with Gasteiger partial charge in [-0.15, -0.1) is 11.3 Å². The topological polar surface area (TPSA) is 81.7 Å². The van der Waals surface area contributed by atoms with Crippen LogP contribution in [0.25, 0.3) is 0 Å². The van der Waals surface area contributed by atoms with Gasteiger partial charge in [-0.25, -0.2) is 0 Å². The molecule has 3 N–H and O–H groups in total. The lowest BCUT2D eigenvalue weighted by molar-refractivity contribution is -0.139. The molecular weight excluding hydrogens is 326 g/mol. The van der Waals surface area contributed by atoms with Crippen molar-refractivity contribution < 1.29 is 14.7 Å². The van der Waals surface area contributed by atoms with Gasteiger partial charge in [-0.05, 0) is 29.1 Å². The molecule has 1 aromatic heterocycles. The molecule has 2 amide bonds. The quantitative estimate of drug-likeness (QED) is 0.688. The maximum atomic E-state index is 11.7. The molecule has 0 bridgehead atoms. The second-order valence-electron chi connectivity index (χ2n) is 5.47. The molecule has 0 saturated heterocycles. The number of hydrogen-bond donors (Lipinski definition) is 3. The molecule has 128 valence electrons. The van der Waals surface area contributed by atoms with E-state index in [0.717, 1.165) is 10.6 Å². The Hall–Kier alpha value is -2.38. The van der Waals surface area contributed by atoms with Crippen molar-refractivity contribution in [3.8, 4) is 0 Å². The third kappa shape index (κ3) is 5.07. The second kappa shape index (κ2) is 8.47. The molecule has 2 rings (SSSR count). The van der Waals surface area contributed by atoms with Crippen LogP contribution in [-0.2, 0) is 16.1 Å². The van der Waals surface area contributed by atoms with Crippen molar-refractivity contribution in [2.45, 2.75) is 12.6 Å². The van der Waals surface area contributed by atoms with E-state index >= 15 is 0 Å². The lowest BCUT2D eigenvalue weighted by atomic mass is 10.1. The van der Waals surface area contributed by atoms with E-state index in [-0.39, 0.29) is 6.54 Å². The van der Waals surface area contributed by atoms with Gasteiger partial charge < -0.3 is 20.6 Å². The van der Waals surface area contributed by atoms with Gasteiger partial charge in [-0.1, -0.05) is 18.2 Å². The molecule has 0 aliphatic carbocycles. The number of nitrogens with one attached hydrogen (secondary N) is 2. The van der Waals surface area contributed by atoms with Gasteiger partial charge in [0.05, 0.1) is 12.6 Å². The highest BCUT2D eigenvalue weighted by Gasteiger charge is 2.15. The predicted molar refractivity (Wildman–Crippen MR) is 94.9 cm³/mol. The summed E-state index contributed by atoms with van der Waals surface area (Å²) < 4.78 is 0. The fourth-order valence-electron chi connectivity index (χ4n) is 2.04. The number of aliphatic hydroxyl groups excluding tert-OH is 1. The summed E-state index contributed by atoms with van der Waals surface area (Å²) in [5.41, 5.74) is 1.70. The average molecular weight is 347 g/mol. The van der Waals surface area contributed by atoms with Gasteiger partial charge in [0.1, 0.15) is 0 Å². The van der Waals surface area contributed by atoms with Crippen LogP contribution in [0.2, 0.25) is 0 Å². The van der Waals surface area contributed by atoms with E-state index in [0.29, 0.717) is 12.1 Å². The molecule has 0 aliphatic rings. The summed E-state index contributed by atoms with van der Waals surface area (Å²) in [7, 11) is 3.86. The first kappa shape index (κ1) is 18.0. The highest BCUT2D eigenvalue weighted by atomic mass is 32.1. The molecule has 0 spiro atoms. The van der Waals surface area contributed by atoms with Crippen LogP contribution in [0.15, 0.2) is 41.8 Å². The normalized spacial score (nSPS) is 11.6. The van der Waals surface area contributed by atoms with Crippen LogP contribution in [-0.4, -0.2) is 37.6 Å². The fourth-order valence-corrected chi connectivity index (χ4v) is 2.69. The van der Waals surface area contributed by atoms with Crippen molar-refractivity contribution in [2.24, 2.45) is 0 Å². The van der Waals surface area contributed by atoms with Gasteiger partial charge in [-0.2, -0.15) is 0 Å². The Morgan fingerprint density at radius 2 is 1.79 bits per heavy atom. The van der Waals surface area contributed by atoms with E-state index in [2.05, 4.69) is 10.6 Å². The van der Waals surface area contributed by atoms with Crippen LogP contribution in [0.5, 0.6) is 0 Å². The standard InChI is InChI=1S/C17H21N3O3S/c1-20(2)13-7-5-12(6-8-13)15(21)11-19-17(23)16(22)18-10-14-4-3-9-24-14/h3-9,15,21H,10-11H2,1-2H3,(H,18,22)(H,19,23)/t15-/m0/s1. The van der Waals surface area contributed by atoms with Crippen LogP contribution < -0.4 is 15.5 Å². The minimum absolute atomic E-state index is 0.0213. The zero-order valence-corrected chi connectivity index (χ0v) is 14.5. The summed E-state index contributed by atoms with van der Waals surface area (Å²) >= 11 is 1.51. The summed E-state index contributed by atoms with van der Waals surface area (Å²) in [4.78, 5) is 26.4. The van der Waals surface area contributed by atoms with E-state index in [1.54, 1.807) is 12.1 Å². The van der Waals surface area contributed by atoms with Crippen molar-refractivity contribution >= 4 is 28.8 Å². The number of rotatable bonds is 6. The summed E-state index contributed by atoms with van der Waals surface area (Å²) in [6, 6.07) is 11.1. The van der Waals surface area contributed by atoms with Crippen molar-refractivity contribution in [2.75, 3.05) is 25.5 Å². The predicted octanol–water partition coefficient (Wildman–Crippen LogP) is 1.28. The first-order chi connectivity index (χ1) is 11.5. The molecule has 1 heterocycles. The lowest BCUT2D eigenvalue weighted by Crippen LogP contribution is -2.41. The minimum atomic E-state index is -0.866. The first-order valence-corrected chi connectivity index (χ1v) is 8.39. The number of carbonyl (C=O) groups is 2. The third-order valence-corrected chi connectivity index (χ3v) is 4.34. The molecule has 6 nitrogen and oxygen atoms in total. The Balaban J connectivity index is 1.78. The molecule has 7 heteroatoms. The van der Waals surface area contributed by atoms with Gasteiger partial charge in [0.25, 0.3) is 0 Å². The largest absolute Gasteiger partial charge is 0.387 e. The molecule has 0 radical (unpaired) electrons. The molecule has 0 saturated carbocycles. The Bertz CT molecular complexity index is 669. The van der Waals surface area contributed by atoms with Crippen molar-refractivity contribution in [1.82, 2.24) is 10.6 Å². The van der Waals surface area contributed by atoms with Crippen molar-refractivity contribution in [3.63, 3.8) is 0 Å². The number of thiophene rings is 1. The lowest BCUT2D eigenvalue weighted by Gasteiger charge is -2.15. The number of amides is 2. The SMILES string of the molecule is CN(C)c1ccc([C@@H](O)CNC(=O)C(=O)NCc2cccs2)cc1. The van der Waals surface area contributed by atoms with Crippen LogP contribution in [0, 0.1) is 0 Å². The number of aliphatic hydroxyl groups is 1. The Morgan fingerprint density at radius 1 is 1.12 bits per heavy atom. The van der Waals surface area contributed by atoms with Crippen LogP contribution in [0.1, 0.15) is 16.5 Å². The van der Waals surface area contributed by atoms with Gasteiger partial charge in [0.2, 0.25) is 0 Å². The number of benzene rings is 1. The molecular formula is C17H21N3O3S. The Morgan fingerprint density at radius 3 is 2.38 bits per heavy atom. The summed E-state index contributed by atoms with van der Waals surface area (Å²) in [6.07, 6.45) is -0.866. The first-order valence-electron chi connectivity index (χ1n) is 7.51. The van der Waals surface area contributed by atoms with E-state index in [1.807, 2.05) is 48.6 Å². The Kier molecular flexibility index (Phi) is 6.34. The Labute approximate surface area is 145 Å². The fraction of sp³-hybridized carbons (Fsp3) is 0.294. The number of anilines is 1. The smallest absolute Gasteiger partial charge is 0.309 e. The molecule has 0 unspecified atom stereocenters. The third-order valence-electron chi connectivity index (χ3n) is 3.46. The van der Waals surface area contributed by atoms with Crippen LogP contribution >= 0.6 is 11.3 Å². The number of hydrogen-bond acceptors (Lipinski definition) is 5. The van der Waals surface area contributed by atoms with E-state index < -0.39 is 17.9 Å². The van der Waals surface area contributed by atoms with Crippen LogP contribution in [0.3, 0.4) is 0 Å². The zero-order valence-electron chi connectivity index (χ0n) is 13.7. The monoisotopic (exact) mass is 347 g/mol. The average Bonchev–Trinajstić information content (AvgIpc) is 3.10. The van der Waals surface area contributed by atoms with Gasteiger partial charge in [0, 0.05) is 31.2 Å². The van der Waals surface area contributed by atoms with Crippen LogP contribution in [0.4, 0.5) is 5.69 Å². The van der Waals surface area contributed by atoms with Gasteiger partial charge in [-0.3, -0.25) is 9.59 Å². The highest BCUT2D eigenvalue weighted by Crippen LogP contribution is 2.17.